The summed E-state index contributed by atoms with van der Waals surface area (Å²) in [7, 11) is 0. The van der Waals surface area contributed by atoms with Crippen LogP contribution in [0, 0.1) is 24.0 Å². The Kier molecular flexibility index (Phi) is 19.2. The van der Waals surface area contributed by atoms with E-state index in [1.54, 1.807) is 0 Å². The Bertz CT molecular complexity index is 327. The Labute approximate surface area is 163 Å². The number of halogens is 2. The van der Waals surface area contributed by atoms with Crippen molar-refractivity contribution in [2.24, 2.45) is 11.8 Å². The zero-order chi connectivity index (χ0) is 13.4. The molecule has 2 rings (SSSR count). The molecule has 0 aromatic rings. The van der Waals surface area contributed by atoms with E-state index in [4.69, 9.17) is 0 Å². The van der Waals surface area contributed by atoms with Crippen LogP contribution in [0.2, 0.25) is 0 Å². The molecule has 0 radical (unpaired) electrons. The van der Waals surface area contributed by atoms with E-state index in [0.29, 0.717) is 0 Å². The molecule has 118 valence electrons. The first-order valence-electron chi connectivity index (χ1n) is 7.10. The minimum absolute atomic E-state index is 0. The van der Waals surface area contributed by atoms with E-state index in [-0.39, 0.29) is 51.0 Å². The van der Waals surface area contributed by atoms with E-state index >= 15 is 0 Å². The Morgan fingerprint density at radius 2 is 1.14 bits per heavy atom. The largest absolute Gasteiger partial charge is 2.00 e. The molecule has 0 aliphatic heterocycles. The molecule has 21 heavy (non-hydrogen) atoms. The third kappa shape index (κ3) is 13.8. The zero-order valence-electron chi connectivity index (χ0n) is 13.6. The molecular weight excluding hydrogens is 378 g/mol. The molecule has 0 aromatic carbocycles. The third-order valence-corrected chi connectivity index (χ3v) is 2.79. The Morgan fingerprint density at radius 3 is 1.33 bits per heavy atom. The number of allylic oxidation sites excluding steroid dienone is 8. The van der Waals surface area contributed by atoms with Gasteiger partial charge in [0, 0.05) is 0 Å². The number of rotatable bonds is 4. The molecule has 0 unspecified atom stereocenters. The molecule has 0 fully saturated rings. The van der Waals surface area contributed by atoms with Crippen LogP contribution in [0.4, 0.5) is 0 Å². The topological polar surface area (TPSA) is 0 Å². The fourth-order valence-corrected chi connectivity index (χ4v) is 2.06. The van der Waals surface area contributed by atoms with E-state index in [9.17, 15) is 0 Å². The predicted octanol–water partition coefficient (Wildman–Crippen LogP) is 6.29. The Balaban J connectivity index is -0.000000270. The van der Waals surface area contributed by atoms with Crippen LogP contribution in [0.25, 0.3) is 0 Å². The average molecular weight is 407 g/mol. The van der Waals surface area contributed by atoms with Crippen LogP contribution in [-0.2, 0) is 26.2 Å². The van der Waals surface area contributed by atoms with Crippen LogP contribution in [0.15, 0.2) is 35.5 Å². The van der Waals surface area contributed by atoms with Crippen molar-refractivity contribution in [1.82, 2.24) is 0 Å². The molecule has 0 saturated carbocycles. The van der Waals surface area contributed by atoms with Crippen molar-refractivity contribution in [3.63, 3.8) is 0 Å². The van der Waals surface area contributed by atoms with Gasteiger partial charge in [-0.05, 0) is 11.8 Å². The summed E-state index contributed by atoms with van der Waals surface area (Å²) < 4.78 is 0. The molecule has 0 spiro atoms. The van der Waals surface area contributed by atoms with E-state index in [0.717, 1.165) is 24.7 Å². The van der Waals surface area contributed by atoms with E-state index in [1.165, 1.54) is 24.0 Å². The summed E-state index contributed by atoms with van der Waals surface area (Å²) in [6.45, 7) is 8.95. The maximum atomic E-state index is 3.29. The van der Waals surface area contributed by atoms with Gasteiger partial charge < -0.3 is 0 Å². The van der Waals surface area contributed by atoms with Crippen LogP contribution >= 0.6 is 24.8 Å². The maximum Gasteiger partial charge on any atom is 2.00 e. The van der Waals surface area contributed by atoms with Crippen molar-refractivity contribution in [1.29, 1.82) is 0 Å². The molecule has 0 nitrogen and oxygen atoms in total. The van der Waals surface area contributed by atoms with Crippen LogP contribution in [-0.4, -0.2) is 0 Å². The first kappa shape index (κ1) is 26.3. The molecule has 0 amide bonds. The maximum absolute atomic E-state index is 3.29. The molecule has 3 heteroatoms. The van der Waals surface area contributed by atoms with Gasteiger partial charge in [-0.1, -0.05) is 40.5 Å². The minimum Gasteiger partial charge on any atom is -0.269 e. The molecule has 0 N–H and O–H groups in total. The molecule has 0 saturated heterocycles. The van der Waals surface area contributed by atoms with Gasteiger partial charge in [0.1, 0.15) is 0 Å². The van der Waals surface area contributed by atoms with Crippen LogP contribution in [0.1, 0.15) is 53.4 Å². The van der Waals surface area contributed by atoms with Crippen LogP contribution < -0.4 is 0 Å². The Morgan fingerprint density at radius 1 is 0.810 bits per heavy atom. The minimum atomic E-state index is 0. The third-order valence-electron chi connectivity index (χ3n) is 2.79. The number of hydrogen-bond acceptors (Lipinski definition) is 0. The summed E-state index contributed by atoms with van der Waals surface area (Å²) in [5, 5.41) is 0. The predicted molar refractivity (Wildman–Crippen MR) is 94.4 cm³/mol. The fraction of sp³-hybridized carbons (Fsp3) is 0.556. The summed E-state index contributed by atoms with van der Waals surface area (Å²) in [6, 6.07) is 0. The van der Waals surface area contributed by atoms with Gasteiger partial charge in [0.05, 0.1) is 0 Å². The van der Waals surface area contributed by atoms with E-state index < -0.39 is 0 Å². The van der Waals surface area contributed by atoms with Gasteiger partial charge in [-0.2, -0.15) is 12.2 Å². The molecule has 0 bridgehead atoms. The van der Waals surface area contributed by atoms with Gasteiger partial charge in [-0.25, -0.2) is 23.3 Å². The summed E-state index contributed by atoms with van der Waals surface area (Å²) in [6.07, 6.45) is 19.7. The van der Waals surface area contributed by atoms with Gasteiger partial charge >= 0.3 is 26.2 Å². The SMILES string of the molecule is CC(C)CC1=[C-]CC=C1.CC(C)CC1=[C-]CC=C1.Cl.Cl.[Zr+2]. The first-order chi connectivity index (χ1) is 8.58. The van der Waals surface area contributed by atoms with Crippen LogP contribution in [0.5, 0.6) is 0 Å². The van der Waals surface area contributed by atoms with Gasteiger partial charge in [-0.3, -0.25) is 12.2 Å². The molecule has 2 aliphatic rings. The number of hydrogen-bond donors (Lipinski definition) is 0. The molecule has 0 atom stereocenters. The van der Waals surface area contributed by atoms with Crippen molar-refractivity contribution in [3.8, 4) is 0 Å². The second-order valence-electron chi connectivity index (χ2n) is 5.81. The first-order valence-corrected chi connectivity index (χ1v) is 7.10. The second-order valence-corrected chi connectivity index (χ2v) is 5.81. The van der Waals surface area contributed by atoms with Gasteiger partial charge in [-0.15, -0.1) is 37.7 Å². The van der Waals surface area contributed by atoms with Gasteiger partial charge in [0.25, 0.3) is 0 Å². The van der Waals surface area contributed by atoms with Crippen molar-refractivity contribution < 1.29 is 26.2 Å². The molecule has 0 heterocycles. The average Bonchev–Trinajstić information content (AvgIpc) is 2.90. The summed E-state index contributed by atoms with van der Waals surface area (Å²) in [5.41, 5.74) is 2.79. The second kappa shape index (κ2) is 15.3. The fourth-order valence-electron chi connectivity index (χ4n) is 2.06. The zero-order valence-corrected chi connectivity index (χ0v) is 17.7. The smallest absolute Gasteiger partial charge is 0.269 e. The standard InChI is InChI=1S/2C9H13.2ClH.Zr/c2*1-8(2)7-9-5-3-4-6-9;;;/h2*3,5,8H,4,7H2,1-2H3;2*1H;/q2*-1;;;+2. The molecular formula is C18H28Cl2Zr. The summed E-state index contributed by atoms with van der Waals surface area (Å²) in [5.74, 6) is 1.55. The van der Waals surface area contributed by atoms with Crippen molar-refractivity contribution in [3.05, 3.63) is 47.6 Å². The Hall–Kier alpha value is 0.423. The van der Waals surface area contributed by atoms with Gasteiger partial charge in [0.15, 0.2) is 0 Å². The molecule has 2 aliphatic carbocycles. The molecule has 0 aromatic heterocycles. The van der Waals surface area contributed by atoms with E-state index in [1.807, 2.05) is 0 Å². The van der Waals surface area contributed by atoms with Crippen LogP contribution in [0.3, 0.4) is 0 Å². The van der Waals surface area contributed by atoms with Gasteiger partial charge in [0.2, 0.25) is 0 Å². The van der Waals surface area contributed by atoms with Crippen molar-refractivity contribution in [2.45, 2.75) is 53.4 Å². The quantitative estimate of drug-likeness (QED) is 0.482. The summed E-state index contributed by atoms with van der Waals surface area (Å²) in [4.78, 5) is 0. The van der Waals surface area contributed by atoms with E-state index in [2.05, 4.69) is 64.2 Å². The van der Waals surface area contributed by atoms with Crippen molar-refractivity contribution >= 4 is 24.8 Å². The normalized spacial score (nSPS) is 14.6. The monoisotopic (exact) mass is 404 g/mol. The summed E-state index contributed by atoms with van der Waals surface area (Å²) >= 11 is 0. The van der Waals surface area contributed by atoms with Crippen molar-refractivity contribution in [2.75, 3.05) is 0 Å².